The number of carbonyl (C=O) groups is 1. The van der Waals surface area contributed by atoms with Crippen molar-refractivity contribution in [3.05, 3.63) is 81.3 Å². The number of likely N-dealkylation sites (tertiary alicyclic amines) is 1. The molecule has 8 heteroatoms. The van der Waals surface area contributed by atoms with E-state index >= 15 is 0 Å². The van der Waals surface area contributed by atoms with Gasteiger partial charge in [0.2, 0.25) is 0 Å². The van der Waals surface area contributed by atoms with Crippen LogP contribution in [-0.2, 0) is 19.4 Å². The molecule has 2 aromatic heterocycles. The molecule has 2 aliphatic rings. The lowest BCUT2D eigenvalue weighted by molar-refractivity contribution is 0.0763. The van der Waals surface area contributed by atoms with E-state index in [9.17, 15) is 9.59 Å². The van der Waals surface area contributed by atoms with E-state index in [4.69, 9.17) is 4.98 Å². The van der Waals surface area contributed by atoms with Crippen LogP contribution in [0, 0.1) is 0 Å². The van der Waals surface area contributed by atoms with Crippen molar-refractivity contribution in [1.82, 2.24) is 24.8 Å². The molecule has 1 amide bonds. The maximum absolute atomic E-state index is 13.2. The lowest BCUT2D eigenvalue weighted by Crippen LogP contribution is -2.33. The number of nitrogens with one attached hydrogen (secondary N) is 3. The molecule has 3 N–H and O–H groups in total. The van der Waals surface area contributed by atoms with Gasteiger partial charge < -0.3 is 25.1 Å². The van der Waals surface area contributed by atoms with Crippen LogP contribution in [-0.4, -0.2) is 62.9 Å². The number of aromatic amines is 2. The summed E-state index contributed by atoms with van der Waals surface area (Å²) >= 11 is 0. The van der Waals surface area contributed by atoms with Crippen LogP contribution >= 0.6 is 0 Å². The molecular formula is C31H36N6O2. The summed E-state index contributed by atoms with van der Waals surface area (Å²) in [6.07, 6.45) is 5.99. The summed E-state index contributed by atoms with van der Waals surface area (Å²) in [6, 6.07) is 14.4. The van der Waals surface area contributed by atoms with E-state index in [2.05, 4.69) is 58.3 Å². The van der Waals surface area contributed by atoms with E-state index in [0.29, 0.717) is 29.0 Å². The zero-order valence-electron chi connectivity index (χ0n) is 22.7. The summed E-state index contributed by atoms with van der Waals surface area (Å²) in [6.45, 7) is 8.84. The summed E-state index contributed by atoms with van der Waals surface area (Å²) < 4.78 is 0. The van der Waals surface area contributed by atoms with Gasteiger partial charge in [-0.3, -0.25) is 9.59 Å². The number of hydrogen-bond donors (Lipinski definition) is 3. The van der Waals surface area contributed by atoms with E-state index in [-0.39, 0.29) is 17.5 Å². The van der Waals surface area contributed by atoms with Crippen molar-refractivity contribution >= 4 is 22.6 Å². The molecule has 0 saturated carbocycles. The van der Waals surface area contributed by atoms with Crippen molar-refractivity contribution in [3.63, 3.8) is 0 Å². The van der Waals surface area contributed by atoms with Crippen LogP contribution in [0.25, 0.3) is 22.4 Å². The normalized spacial score (nSPS) is 16.3. The molecule has 4 heterocycles. The highest BCUT2D eigenvalue weighted by Crippen LogP contribution is 2.30. The zero-order chi connectivity index (χ0) is 26.9. The van der Waals surface area contributed by atoms with Gasteiger partial charge in [0.15, 0.2) is 0 Å². The summed E-state index contributed by atoms with van der Waals surface area (Å²) in [7, 11) is 0. The maximum atomic E-state index is 13.2. The first-order valence-electron chi connectivity index (χ1n) is 14.1. The van der Waals surface area contributed by atoms with Crippen molar-refractivity contribution < 1.29 is 4.79 Å². The standard InChI is InChI=1S/C31H36N6O2/c1-3-21-8-4-5-9-22(21)16-20(2)33-25-10-11-32-30(38)28(25)29-34-26-17-23-19-37(15-14-36-12-6-7-13-36)31(39)24(23)18-27(26)35-29/h4-5,8-11,17-18,20H,3,6-7,12-16,19H2,1-2H3,(H,34,35)(H2,32,33,38). The Bertz CT molecular complexity index is 1570. The fourth-order valence-electron chi connectivity index (χ4n) is 6.03. The number of fused-ring (bicyclic) bond motifs is 2. The number of amides is 1. The Morgan fingerprint density at radius 1 is 1.05 bits per heavy atom. The molecule has 2 aromatic carbocycles. The minimum atomic E-state index is -0.211. The molecule has 0 spiro atoms. The zero-order valence-corrected chi connectivity index (χ0v) is 22.7. The van der Waals surface area contributed by atoms with Crippen LogP contribution < -0.4 is 10.9 Å². The van der Waals surface area contributed by atoms with E-state index in [1.165, 1.54) is 24.0 Å². The Morgan fingerprint density at radius 3 is 2.64 bits per heavy atom. The van der Waals surface area contributed by atoms with E-state index < -0.39 is 0 Å². The average molecular weight is 525 g/mol. The van der Waals surface area contributed by atoms with Crippen LogP contribution in [0.1, 0.15) is 53.7 Å². The first-order valence-corrected chi connectivity index (χ1v) is 14.1. The SMILES string of the molecule is CCc1ccccc1CC(C)Nc1cc[nH]c(=O)c1-c1nc2cc3c(cc2[nH]1)CN(CCN1CCCC1)C3=O. The molecule has 1 unspecified atom stereocenters. The first-order chi connectivity index (χ1) is 19.0. The van der Waals surface area contributed by atoms with Gasteiger partial charge in [-0.15, -0.1) is 0 Å². The second kappa shape index (κ2) is 10.7. The number of nitrogens with zero attached hydrogens (tertiary/aromatic N) is 3. The van der Waals surface area contributed by atoms with Crippen molar-refractivity contribution in [2.24, 2.45) is 0 Å². The lowest BCUT2D eigenvalue weighted by atomic mass is 9.99. The fourth-order valence-corrected chi connectivity index (χ4v) is 6.03. The highest BCUT2D eigenvalue weighted by Gasteiger charge is 2.29. The number of aromatic nitrogens is 3. The van der Waals surface area contributed by atoms with Crippen molar-refractivity contribution in [3.8, 4) is 11.4 Å². The summed E-state index contributed by atoms with van der Waals surface area (Å²) in [5, 5.41) is 3.54. The molecule has 1 saturated heterocycles. The van der Waals surface area contributed by atoms with Crippen LogP contribution in [0.2, 0.25) is 0 Å². The number of anilines is 1. The number of carbonyl (C=O) groups excluding carboxylic acids is 1. The van der Waals surface area contributed by atoms with Crippen molar-refractivity contribution in [2.45, 2.75) is 52.1 Å². The first kappa shape index (κ1) is 25.4. The quantitative estimate of drug-likeness (QED) is 0.298. The molecule has 0 radical (unpaired) electrons. The molecule has 1 atom stereocenters. The predicted octanol–water partition coefficient (Wildman–Crippen LogP) is 4.58. The molecule has 6 rings (SSSR count). The van der Waals surface area contributed by atoms with Crippen LogP contribution in [0.5, 0.6) is 0 Å². The largest absolute Gasteiger partial charge is 0.381 e. The molecule has 2 aliphatic heterocycles. The summed E-state index contributed by atoms with van der Waals surface area (Å²) in [5.74, 6) is 0.564. The van der Waals surface area contributed by atoms with E-state index in [1.54, 1.807) is 6.20 Å². The third-order valence-electron chi connectivity index (χ3n) is 8.10. The predicted molar refractivity (Wildman–Crippen MR) is 155 cm³/mol. The lowest BCUT2D eigenvalue weighted by Gasteiger charge is -2.20. The van der Waals surface area contributed by atoms with Crippen LogP contribution in [0.3, 0.4) is 0 Å². The second-order valence-corrected chi connectivity index (χ2v) is 10.9. The molecule has 4 aromatic rings. The minimum absolute atomic E-state index is 0.0664. The Labute approximate surface area is 228 Å². The van der Waals surface area contributed by atoms with Gasteiger partial charge in [-0.1, -0.05) is 31.2 Å². The van der Waals surface area contributed by atoms with Gasteiger partial charge in [0.1, 0.15) is 11.4 Å². The number of hydrogen-bond acceptors (Lipinski definition) is 5. The molecule has 1 fully saturated rings. The summed E-state index contributed by atoms with van der Waals surface area (Å²) in [5.41, 5.74) is 6.89. The summed E-state index contributed by atoms with van der Waals surface area (Å²) in [4.78, 5) is 41.5. The van der Waals surface area contributed by atoms with Gasteiger partial charge in [0.05, 0.1) is 16.7 Å². The molecular weight excluding hydrogens is 488 g/mol. The molecule has 202 valence electrons. The third kappa shape index (κ3) is 5.08. The Kier molecular flexibility index (Phi) is 6.95. The number of pyridine rings is 1. The number of benzene rings is 2. The Balaban J connectivity index is 1.23. The van der Waals surface area contributed by atoms with Gasteiger partial charge in [-0.05, 0) is 80.6 Å². The highest BCUT2D eigenvalue weighted by molar-refractivity contribution is 6.02. The van der Waals surface area contributed by atoms with Crippen LogP contribution in [0.15, 0.2) is 53.5 Å². The monoisotopic (exact) mass is 524 g/mol. The topological polar surface area (TPSA) is 97.1 Å². The number of aryl methyl sites for hydroxylation is 1. The van der Waals surface area contributed by atoms with Crippen molar-refractivity contribution in [2.75, 3.05) is 31.5 Å². The van der Waals surface area contributed by atoms with E-state index in [0.717, 1.165) is 55.8 Å². The third-order valence-corrected chi connectivity index (χ3v) is 8.10. The highest BCUT2D eigenvalue weighted by atomic mass is 16.2. The van der Waals surface area contributed by atoms with Gasteiger partial charge in [0.25, 0.3) is 11.5 Å². The molecule has 0 bridgehead atoms. The number of rotatable bonds is 9. The molecule has 8 nitrogen and oxygen atoms in total. The van der Waals surface area contributed by atoms with E-state index in [1.807, 2.05) is 23.1 Å². The van der Waals surface area contributed by atoms with Crippen LogP contribution in [0.4, 0.5) is 5.69 Å². The smallest absolute Gasteiger partial charge is 0.261 e. The fraction of sp³-hybridized carbons (Fsp3) is 0.387. The Hall–Kier alpha value is -3.91. The second-order valence-electron chi connectivity index (χ2n) is 10.9. The van der Waals surface area contributed by atoms with Gasteiger partial charge >= 0.3 is 0 Å². The van der Waals surface area contributed by atoms with Gasteiger partial charge in [-0.25, -0.2) is 4.98 Å². The van der Waals surface area contributed by atoms with Gasteiger partial charge in [0, 0.05) is 37.4 Å². The Morgan fingerprint density at radius 2 is 1.85 bits per heavy atom. The maximum Gasteiger partial charge on any atom is 0.261 e. The number of H-pyrrole nitrogens is 2. The molecule has 39 heavy (non-hydrogen) atoms. The number of imidazole rings is 1. The minimum Gasteiger partial charge on any atom is -0.381 e. The van der Waals surface area contributed by atoms with Crippen molar-refractivity contribution in [1.29, 1.82) is 0 Å². The van der Waals surface area contributed by atoms with Gasteiger partial charge in [-0.2, -0.15) is 0 Å². The molecule has 0 aliphatic carbocycles. The average Bonchev–Trinajstić information content (AvgIpc) is 3.66.